The number of nitrogens with zero attached hydrogens (tertiary/aromatic N) is 4. The normalized spacial score (nSPS) is 23.6. The molecule has 3 amide bonds. The highest BCUT2D eigenvalue weighted by Gasteiger charge is 2.38. The molecular formula is C17H24N4O2. The van der Waals surface area contributed by atoms with Crippen LogP contribution in [0.2, 0.25) is 0 Å². The Bertz CT molecular complexity index is 575. The maximum atomic E-state index is 12.7. The third kappa shape index (κ3) is 3.46. The van der Waals surface area contributed by atoms with Gasteiger partial charge < -0.3 is 14.7 Å². The largest absolute Gasteiger partial charge is 0.337 e. The number of rotatable bonds is 2. The Morgan fingerprint density at radius 1 is 1.17 bits per heavy atom. The molecule has 4 rings (SSSR count). The fourth-order valence-corrected chi connectivity index (χ4v) is 3.60. The predicted molar refractivity (Wildman–Crippen MR) is 86.8 cm³/mol. The van der Waals surface area contributed by atoms with Crippen molar-refractivity contribution in [1.29, 1.82) is 0 Å². The highest BCUT2D eigenvalue weighted by Crippen LogP contribution is 2.28. The Labute approximate surface area is 137 Å². The monoisotopic (exact) mass is 316 g/mol. The van der Waals surface area contributed by atoms with E-state index < -0.39 is 0 Å². The van der Waals surface area contributed by atoms with E-state index in [1.807, 2.05) is 21.9 Å². The fourth-order valence-electron chi connectivity index (χ4n) is 3.60. The van der Waals surface area contributed by atoms with Gasteiger partial charge in [-0.05, 0) is 36.5 Å². The quantitative estimate of drug-likeness (QED) is 0.824. The van der Waals surface area contributed by atoms with E-state index in [1.165, 1.54) is 0 Å². The van der Waals surface area contributed by atoms with Crippen LogP contribution in [0.25, 0.3) is 0 Å². The molecule has 124 valence electrons. The van der Waals surface area contributed by atoms with Gasteiger partial charge in [-0.3, -0.25) is 9.78 Å². The van der Waals surface area contributed by atoms with Crippen molar-refractivity contribution in [2.24, 2.45) is 5.92 Å². The highest BCUT2D eigenvalue weighted by molar-refractivity contribution is 5.79. The summed E-state index contributed by atoms with van der Waals surface area (Å²) in [6.07, 6.45) is 5.93. The number of carbonyl (C=O) groups excluding carboxylic acids is 2. The first-order valence-corrected chi connectivity index (χ1v) is 8.19. The first-order chi connectivity index (χ1) is 11.0. The lowest BCUT2D eigenvalue weighted by atomic mass is 9.94. The Morgan fingerprint density at radius 3 is 2.61 bits per heavy atom. The van der Waals surface area contributed by atoms with E-state index in [0.29, 0.717) is 18.9 Å². The molecular weight excluding hydrogens is 292 g/mol. The predicted octanol–water partition coefficient (Wildman–Crippen LogP) is 1.23. The summed E-state index contributed by atoms with van der Waals surface area (Å²) in [5.41, 5.74) is 0.992. The number of amides is 3. The highest BCUT2D eigenvalue weighted by atomic mass is 16.2. The topological polar surface area (TPSA) is 56.8 Å². The molecule has 6 nitrogen and oxygen atoms in total. The summed E-state index contributed by atoms with van der Waals surface area (Å²) in [5.74, 6) is 0.545. The molecule has 4 heterocycles. The van der Waals surface area contributed by atoms with E-state index in [1.54, 1.807) is 31.4 Å². The standard InChI is InChI=1S/C17H24N4O2/c1-19(2)17(23)20-10-14-3-4-15(12-20)21(11-14)16(22)9-13-5-7-18-8-6-13/h5-8,14-15H,3-4,9-12H2,1-2H3/t14-,15+/m1/s1. The molecule has 3 fully saturated rings. The molecule has 0 N–H and O–H groups in total. The Balaban J connectivity index is 1.70. The van der Waals surface area contributed by atoms with Crippen LogP contribution in [0.1, 0.15) is 18.4 Å². The Hall–Kier alpha value is -2.11. The van der Waals surface area contributed by atoms with E-state index >= 15 is 0 Å². The van der Waals surface area contributed by atoms with Crippen LogP contribution in [0.3, 0.4) is 0 Å². The molecule has 3 aliphatic rings. The lowest BCUT2D eigenvalue weighted by Crippen LogP contribution is -2.49. The van der Waals surface area contributed by atoms with Crippen LogP contribution in [-0.4, -0.2) is 71.4 Å². The van der Waals surface area contributed by atoms with E-state index in [9.17, 15) is 9.59 Å². The van der Waals surface area contributed by atoms with Gasteiger partial charge in [-0.15, -0.1) is 0 Å². The van der Waals surface area contributed by atoms with Crippen molar-refractivity contribution in [3.05, 3.63) is 30.1 Å². The van der Waals surface area contributed by atoms with Crippen molar-refractivity contribution >= 4 is 11.9 Å². The Kier molecular flexibility index (Phi) is 4.50. The number of piperidine rings is 1. The summed E-state index contributed by atoms with van der Waals surface area (Å²) < 4.78 is 0. The SMILES string of the molecule is CN(C)C(=O)N1C[C@H]2CC[C@@H](C1)N(C(=O)Cc1ccncc1)C2. The van der Waals surface area contributed by atoms with Crippen LogP contribution in [0.5, 0.6) is 0 Å². The molecule has 0 saturated carbocycles. The van der Waals surface area contributed by atoms with Crippen molar-refractivity contribution in [2.45, 2.75) is 25.3 Å². The van der Waals surface area contributed by atoms with Gasteiger partial charge in [0.15, 0.2) is 0 Å². The molecule has 0 aromatic carbocycles. The van der Waals surface area contributed by atoms with Crippen LogP contribution in [-0.2, 0) is 11.2 Å². The average Bonchev–Trinajstić information content (AvgIpc) is 2.86. The number of fused-ring (bicyclic) bond motifs is 4. The molecule has 3 saturated heterocycles. The smallest absolute Gasteiger partial charge is 0.319 e. The molecule has 1 aromatic rings. The zero-order valence-corrected chi connectivity index (χ0v) is 13.8. The molecule has 0 unspecified atom stereocenters. The summed E-state index contributed by atoms with van der Waals surface area (Å²) in [5, 5.41) is 0. The van der Waals surface area contributed by atoms with Crippen molar-refractivity contribution in [2.75, 3.05) is 33.7 Å². The summed E-state index contributed by atoms with van der Waals surface area (Å²) in [4.78, 5) is 34.5. The third-order valence-corrected chi connectivity index (χ3v) is 4.79. The van der Waals surface area contributed by atoms with Crippen molar-refractivity contribution in [3.63, 3.8) is 0 Å². The number of hydrogen-bond acceptors (Lipinski definition) is 3. The lowest BCUT2D eigenvalue weighted by molar-refractivity contribution is -0.134. The van der Waals surface area contributed by atoms with Crippen molar-refractivity contribution in [3.8, 4) is 0 Å². The molecule has 0 aliphatic carbocycles. The van der Waals surface area contributed by atoms with Gasteiger partial charge in [-0.1, -0.05) is 0 Å². The number of carbonyl (C=O) groups is 2. The molecule has 2 bridgehead atoms. The Morgan fingerprint density at radius 2 is 1.91 bits per heavy atom. The number of urea groups is 1. The first-order valence-electron chi connectivity index (χ1n) is 8.19. The molecule has 6 heteroatoms. The first kappa shape index (κ1) is 15.8. The van der Waals surface area contributed by atoms with Gasteiger partial charge in [0, 0.05) is 52.2 Å². The van der Waals surface area contributed by atoms with E-state index in [2.05, 4.69) is 4.98 Å². The van der Waals surface area contributed by atoms with Gasteiger partial charge in [-0.2, -0.15) is 0 Å². The minimum absolute atomic E-state index is 0.0466. The average molecular weight is 316 g/mol. The molecule has 2 atom stereocenters. The molecule has 23 heavy (non-hydrogen) atoms. The van der Waals surface area contributed by atoms with Gasteiger partial charge in [0.05, 0.1) is 6.42 Å². The van der Waals surface area contributed by atoms with Gasteiger partial charge >= 0.3 is 6.03 Å². The van der Waals surface area contributed by atoms with Gasteiger partial charge in [0.25, 0.3) is 0 Å². The zero-order chi connectivity index (χ0) is 16.4. The maximum absolute atomic E-state index is 12.7. The lowest BCUT2D eigenvalue weighted by Gasteiger charge is -2.36. The van der Waals surface area contributed by atoms with Crippen LogP contribution in [0.4, 0.5) is 4.79 Å². The zero-order valence-electron chi connectivity index (χ0n) is 13.8. The van der Waals surface area contributed by atoms with Crippen LogP contribution in [0.15, 0.2) is 24.5 Å². The second-order valence-corrected chi connectivity index (χ2v) is 6.76. The van der Waals surface area contributed by atoms with Crippen LogP contribution < -0.4 is 0 Å². The van der Waals surface area contributed by atoms with E-state index in [-0.39, 0.29) is 18.0 Å². The van der Waals surface area contributed by atoms with Gasteiger partial charge in [0.2, 0.25) is 5.91 Å². The van der Waals surface area contributed by atoms with E-state index in [0.717, 1.165) is 31.5 Å². The summed E-state index contributed by atoms with van der Waals surface area (Å²) >= 11 is 0. The minimum Gasteiger partial charge on any atom is -0.337 e. The van der Waals surface area contributed by atoms with E-state index in [4.69, 9.17) is 0 Å². The van der Waals surface area contributed by atoms with Crippen molar-refractivity contribution < 1.29 is 9.59 Å². The summed E-state index contributed by atoms with van der Waals surface area (Å²) in [6, 6.07) is 3.96. The fraction of sp³-hybridized carbons (Fsp3) is 0.588. The number of aromatic nitrogens is 1. The molecule has 1 aromatic heterocycles. The van der Waals surface area contributed by atoms with Crippen molar-refractivity contribution in [1.82, 2.24) is 19.7 Å². The maximum Gasteiger partial charge on any atom is 0.319 e. The second-order valence-electron chi connectivity index (χ2n) is 6.76. The summed E-state index contributed by atoms with van der Waals surface area (Å²) in [6.45, 7) is 2.17. The molecule has 3 aliphatic heterocycles. The van der Waals surface area contributed by atoms with Crippen LogP contribution >= 0.6 is 0 Å². The minimum atomic E-state index is 0.0466. The van der Waals surface area contributed by atoms with Gasteiger partial charge in [0.1, 0.15) is 0 Å². The number of hydrogen-bond donors (Lipinski definition) is 0. The number of pyridine rings is 1. The molecule has 0 spiro atoms. The summed E-state index contributed by atoms with van der Waals surface area (Å²) in [7, 11) is 3.56. The van der Waals surface area contributed by atoms with Gasteiger partial charge in [-0.25, -0.2) is 4.79 Å². The molecule has 0 radical (unpaired) electrons. The van der Waals surface area contributed by atoms with Crippen LogP contribution in [0, 0.1) is 5.92 Å². The third-order valence-electron chi connectivity index (χ3n) is 4.79. The second kappa shape index (κ2) is 6.56.